The third kappa shape index (κ3) is 5.27. The molecule has 0 amide bonds. The van der Waals surface area contributed by atoms with Crippen LogP contribution in [0.3, 0.4) is 0 Å². The summed E-state index contributed by atoms with van der Waals surface area (Å²) in [6.07, 6.45) is 3.03. The summed E-state index contributed by atoms with van der Waals surface area (Å²) in [6.45, 7) is 4.48. The van der Waals surface area contributed by atoms with Gasteiger partial charge in [0.2, 0.25) is 0 Å². The molecule has 0 saturated carbocycles. The molecule has 2 heterocycles. The SMILES string of the molecule is COCCN1CCN(c2nccn(CCOc3cc(F)c(F)cc3F)c2=O)CC1. The van der Waals surface area contributed by atoms with Gasteiger partial charge in [0.15, 0.2) is 29.0 Å². The van der Waals surface area contributed by atoms with E-state index in [4.69, 9.17) is 9.47 Å². The van der Waals surface area contributed by atoms with Crippen LogP contribution in [0.2, 0.25) is 0 Å². The topological polar surface area (TPSA) is 59.8 Å². The van der Waals surface area contributed by atoms with Crippen molar-refractivity contribution >= 4 is 5.82 Å². The van der Waals surface area contributed by atoms with Crippen molar-refractivity contribution < 1.29 is 22.6 Å². The van der Waals surface area contributed by atoms with E-state index in [0.717, 1.165) is 19.6 Å². The Balaban J connectivity index is 1.60. The Morgan fingerprint density at radius 3 is 2.45 bits per heavy atom. The van der Waals surface area contributed by atoms with E-state index in [2.05, 4.69) is 9.88 Å². The normalized spacial score (nSPS) is 15.0. The van der Waals surface area contributed by atoms with E-state index in [-0.39, 0.29) is 18.7 Å². The molecule has 1 aromatic heterocycles. The number of halogens is 3. The van der Waals surface area contributed by atoms with Crippen molar-refractivity contribution in [1.82, 2.24) is 14.5 Å². The number of nitrogens with zero attached hydrogens (tertiary/aromatic N) is 4. The molecule has 0 N–H and O–H groups in total. The van der Waals surface area contributed by atoms with Gasteiger partial charge in [-0.1, -0.05) is 0 Å². The third-order valence-electron chi connectivity index (χ3n) is 4.74. The minimum Gasteiger partial charge on any atom is -0.489 e. The lowest BCUT2D eigenvalue weighted by molar-refractivity contribution is 0.144. The molecule has 1 aromatic carbocycles. The molecule has 0 unspecified atom stereocenters. The summed E-state index contributed by atoms with van der Waals surface area (Å²) in [7, 11) is 1.66. The van der Waals surface area contributed by atoms with Gasteiger partial charge in [-0.25, -0.2) is 18.2 Å². The fraction of sp³-hybridized carbons (Fsp3) is 0.474. The zero-order valence-corrected chi connectivity index (χ0v) is 16.1. The van der Waals surface area contributed by atoms with E-state index in [0.29, 0.717) is 37.6 Å². The Bertz CT molecular complexity index is 885. The number of anilines is 1. The Morgan fingerprint density at radius 2 is 1.72 bits per heavy atom. The van der Waals surface area contributed by atoms with Crippen LogP contribution in [-0.4, -0.2) is 67.5 Å². The number of hydrogen-bond donors (Lipinski definition) is 0. The van der Waals surface area contributed by atoms with Gasteiger partial charge >= 0.3 is 0 Å². The van der Waals surface area contributed by atoms with Gasteiger partial charge in [-0.05, 0) is 0 Å². The minimum absolute atomic E-state index is 0.0872. The van der Waals surface area contributed by atoms with Crippen molar-refractivity contribution in [3.63, 3.8) is 0 Å². The van der Waals surface area contributed by atoms with Crippen molar-refractivity contribution in [2.24, 2.45) is 0 Å². The summed E-state index contributed by atoms with van der Waals surface area (Å²) in [5, 5.41) is 0. The Labute approximate surface area is 166 Å². The zero-order valence-electron chi connectivity index (χ0n) is 16.1. The average molecular weight is 412 g/mol. The fourth-order valence-electron chi connectivity index (χ4n) is 3.10. The van der Waals surface area contributed by atoms with Crippen LogP contribution in [0.15, 0.2) is 29.3 Å². The molecule has 1 fully saturated rings. The maximum absolute atomic E-state index is 13.6. The fourth-order valence-corrected chi connectivity index (χ4v) is 3.10. The number of methoxy groups -OCH3 is 1. The van der Waals surface area contributed by atoms with Crippen molar-refractivity contribution in [1.29, 1.82) is 0 Å². The monoisotopic (exact) mass is 412 g/mol. The van der Waals surface area contributed by atoms with E-state index in [9.17, 15) is 18.0 Å². The first kappa shape index (κ1) is 21.1. The summed E-state index contributed by atoms with van der Waals surface area (Å²) in [5.41, 5.74) is -0.285. The summed E-state index contributed by atoms with van der Waals surface area (Å²) in [6, 6.07) is 1.07. The highest BCUT2D eigenvalue weighted by Gasteiger charge is 2.20. The van der Waals surface area contributed by atoms with Crippen LogP contribution < -0.4 is 15.2 Å². The molecular weight excluding hydrogens is 389 g/mol. The molecule has 10 heteroatoms. The van der Waals surface area contributed by atoms with E-state index < -0.39 is 23.2 Å². The van der Waals surface area contributed by atoms with Gasteiger partial charge in [-0.15, -0.1) is 0 Å². The number of rotatable bonds is 8. The molecule has 0 bridgehead atoms. The van der Waals surface area contributed by atoms with Gasteiger partial charge in [0.25, 0.3) is 5.56 Å². The summed E-state index contributed by atoms with van der Waals surface area (Å²) >= 11 is 0. The average Bonchev–Trinajstić information content (AvgIpc) is 2.72. The molecule has 1 aliphatic rings. The number of aromatic nitrogens is 2. The second kappa shape index (κ2) is 9.75. The second-order valence-corrected chi connectivity index (χ2v) is 6.62. The first-order chi connectivity index (χ1) is 14.0. The number of benzene rings is 1. The lowest BCUT2D eigenvalue weighted by Gasteiger charge is -2.34. The minimum atomic E-state index is -1.29. The lowest BCUT2D eigenvalue weighted by atomic mass is 10.3. The van der Waals surface area contributed by atoms with Crippen molar-refractivity contribution in [2.45, 2.75) is 6.54 Å². The predicted molar refractivity (Wildman–Crippen MR) is 101 cm³/mol. The van der Waals surface area contributed by atoms with Crippen LogP contribution in [0, 0.1) is 17.5 Å². The molecular formula is C19H23F3N4O3. The first-order valence-electron chi connectivity index (χ1n) is 9.28. The van der Waals surface area contributed by atoms with E-state index in [1.54, 1.807) is 7.11 Å². The van der Waals surface area contributed by atoms with Crippen molar-refractivity contribution in [3.8, 4) is 5.75 Å². The molecule has 1 aliphatic heterocycles. The third-order valence-corrected chi connectivity index (χ3v) is 4.74. The molecule has 0 atom stereocenters. The summed E-state index contributed by atoms with van der Waals surface area (Å²) < 4.78 is 51.5. The lowest BCUT2D eigenvalue weighted by Crippen LogP contribution is -2.49. The van der Waals surface area contributed by atoms with Gasteiger partial charge in [0, 0.05) is 64.4 Å². The Morgan fingerprint density at radius 1 is 1.00 bits per heavy atom. The highest BCUT2D eigenvalue weighted by Crippen LogP contribution is 2.20. The van der Waals surface area contributed by atoms with Gasteiger partial charge in [-0.2, -0.15) is 0 Å². The maximum atomic E-state index is 13.6. The molecule has 29 heavy (non-hydrogen) atoms. The van der Waals surface area contributed by atoms with E-state index in [1.807, 2.05) is 4.90 Å². The standard InChI is InChI=1S/C19H23F3N4O3/c1-28-10-8-24-4-6-25(7-5-24)18-19(27)26(3-2-23-18)9-11-29-17-13-15(21)14(20)12-16(17)22/h2-3,12-13H,4-11H2,1H3. The Kier molecular flexibility index (Phi) is 7.10. The molecule has 0 aliphatic carbocycles. The highest BCUT2D eigenvalue weighted by atomic mass is 19.2. The molecule has 0 radical (unpaired) electrons. The number of hydrogen-bond acceptors (Lipinski definition) is 6. The smallest absolute Gasteiger partial charge is 0.293 e. The van der Waals surface area contributed by atoms with Gasteiger partial charge in [-0.3, -0.25) is 9.69 Å². The van der Waals surface area contributed by atoms with Gasteiger partial charge in [0.1, 0.15) is 6.61 Å². The Hall–Kier alpha value is -2.59. The molecule has 7 nitrogen and oxygen atoms in total. The van der Waals surface area contributed by atoms with Gasteiger partial charge < -0.3 is 18.9 Å². The largest absolute Gasteiger partial charge is 0.489 e. The summed E-state index contributed by atoms with van der Waals surface area (Å²) in [5.74, 6) is -3.55. The van der Waals surface area contributed by atoms with Crippen molar-refractivity contribution in [3.05, 3.63) is 52.3 Å². The molecule has 3 rings (SSSR count). The van der Waals surface area contributed by atoms with Crippen molar-refractivity contribution in [2.75, 3.05) is 57.9 Å². The van der Waals surface area contributed by atoms with Gasteiger partial charge in [0.05, 0.1) is 13.2 Å². The zero-order chi connectivity index (χ0) is 20.8. The van der Waals surface area contributed by atoms with Crippen LogP contribution in [0.1, 0.15) is 0 Å². The molecule has 0 spiro atoms. The summed E-state index contributed by atoms with van der Waals surface area (Å²) in [4.78, 5) is 21.1. The second-order valence-electron chi connectivity index (χ2n) is 6.62. The molecule has 2 aromatic rings. The van der Waals surface area contributed by atoms with Crippen LogP contribution >= 0.6 is 0 Å². The molecule has 1 saturated heterocycles. The quantitative estimate of drug-likeness (QED) is 0.613. The maximum Gasteiger partial charge on any atom is 0.293 e. The predicted octanol–water partition coefficient (Wildman–Crippen LogP) is 1.51. The number of piperazine rings is 1. The van der Waals surface area contributed by atoms with E-state index in [1.165, 1.54) is 17.0 Å². The highest BCUT2D eigenvalue weighted by molar-refractivity contribution is 5.36. The van der Waals surface area contributed by atoms with Crippen LogP contribution in [0.25, 0.3) is 0 Å². The molecule has 158 valence electrons. The van der Waals surface area contributed by atoms with Crippen LogP contribution in [0.5, 0.6) is 5.75 Å². The van der Waals surface area contributed by atoms with Crippen LogP contribution in [0.4, 0.5) is 19.0 Å². The van der Waals surface area contributed by atoms with Crippen LogP contribution in [-0.2, 0) is 11.3 Å². The van der Waals surface area contributed by atoms with E-state index >= 15 is 0 Å². The number of ether oxygens (including phenoxy) is 2. The first-order valence-corrected chi connectivity index (χ1v) is 9.28.